The van der Waals surface area contributed by atoms with Gasteiger partial charge in [0.2, 0.25) is 0 Å². The van der Waals surface area contributed by atoms with Crippen LogP contribution in [0, 0.1) is 62.7 Å². The van der Waals surface area contributed by atoms with Crippen LogP contribution in [0.25, 0.3) is 0 Å². The fourth-order valence-corrected chi connectivity index (χ4v) is 2.97. The van der Waals surface area contributed by atoms with Crippen molar-refractivity contribution in [2.45, 2.75) is 51.9 Å². The molecule has 0 N–H and O–H groups in total. The Bertz CT molecular complexity index is 133. The van der Waals surface area contributed by atoms with E-state index in [2.05, 4.69) is 13.8 Å². The topological polar surface area (TPSA) is 0 Å². The van der Waals surface area contributed by atoms with E-state index < -0.39 is 0 Å². The molecule has 0 amide bonds. The first-order valence-electron chi connectivity index (χ1n) is 5.90. The van der Waals surface area contributed by atoms with Crippen LogP contribution in [-0.4, -0.2) is 0 Å². The molecule has 0 radical (unpaired) electrons. The molecule has 2 fully saturated rings. The summed E-state index contributed by atoms with van der Waals surface area (Å²) < 4.78 is 0. The maximum Gasteiger partial charge on any atom is 2.00 e. The predicted molar refractivity (Wildman–Crippen MR) is 59.2 cm³/mol. The number of rotatable bonds is 0. The Morgan fingerprint density at radius 1 is 0.857 bits per heavy atom. The van der Waals surface area contributed by atoms with Crippen LogP contribution >= 0.6 is 0 Å². The third kappa shape index (κ3) is 4.28. The maximum absolute atomic E-state index is 4.19. The molecule has 1 heteroatoms. The zero-order valence-electron chi connectivity index (χ0n) is 9.60. The summed E-state index contributed by atoms with van der Waals surface area (Å²) in [4.78, 5) is 0. The van der Waals surface area contributed by atoms with E-state index in [1.807, 2.05) is 0 Å². The van der Waals surface area contributed by atoms with Crippen molar-refractivity contribution in [1.29, 1.82) is 0 Å². The molecule has 3 unspecified atom stereocenters. The van der Waals surface area contributed by atoms with E-state index in [-0.39, 0.29) is 31.1 Å². The van der Waals surface area contributed by atoms with Crippen LogP contribution in [0.3, 0.4) is 0 Å². The van der Waals surface area contributed by atoms with E-state index >= 15 is 0 Å². The average Bonchev–Trinajstić information content (AvgIpc) is 2.21. The first-order valence-corrected chi connectivity index (χ1v) is 5.90. The van der Waals surface area contributed by atoms with Gasteiger partial charge in [-0.1, -0.05) is 44.9 Å². The zero-order valence-corrected chi connectivity index (χ0v) is 13.8. The van der Waals surface area contributed by atoms with Gasteiger partial charge in [0, 0.05) is 0 Å². The van der Waals surface area contributed by atoms with Crippen LogP contribution in [0.4, 0.5) is 0 Å². The van der Waals surface area contributed by atoms with Gasteiger partial charge in [0.25, 0.3) is 0 Å². The Hall–Kier alpha value is 1.05. The number of fused-ring (bicyclic) bond motifs is 1. The van der Waals surface area contributed by atoms with E-state index in [9.17, 15) is 0 Å². The molecule has 80 valence electrons. The molecule has 2 aliphatic rings. The third-order valence-electron chi connectivity index (χ3n) is 3.65. The van der Waals surface area contributed by atoms with Crippen molar-refractivity contribution in [3.8, 4) is 0 Å². The van der Waals surface area contributed by atoms with Crippen molar-refractivity contribution < 1.29 is 31.1 Å². The van der Waals surface area contributed by atoms with Gasteiger partial charge in [-0.25, -0.2) is 0 Å². The van der Waals surface area contributed by atoms with Gasteiger partial charge in [0.05, 0.1) is 0 Å². The second-order valence-electron chi connectivity index (χ2n) is 4.48. The summed E-state index contributed by atoms with van der Waals surface area (Å²) in [5.41, 5.74) is 0. The van der Waals surface area contributed by atoms with Crippen molar-refractivity contribution in [3.05, 3.63) is 13.8 Å². The minimum atomic E-state index is 0. The summed E-state index contributed by atoms with van der Waals surface area (Å²) in [5.74, 6) is 2.95. The number of hydrogen-bond donors (Lipinski definition) is 0. The van der Waals surface area contributed by atoms with Gasteiger partial charge in [-0.15, -0.1) is 0 Å². The Labute approximate surface area is 114 Å². The quantitative estimate of drug-likeness (QED) is 0.516. The van der Waals surface area contributed by atoms with Crippen molar-refractivity contribution >= 4 is 0 Å². The van der Waals surface area contributed by atoms with Gasteiger partial charge in [-0.2, -0.15) is 12.8 Å². The summed E-state index contributed by atoms with van der Waals surface area (Å²) in [6.07, 6.45) is 10.4. The van der Waals surface area contributed by atoms with E-state index in [0.29, 0.717) is 0 Å². The Morgan fingerprint density at radius 2 is 1.43 bits per heavy atom. The minimum Gasteiger partial charge on any atom is -0.346 e. The fourth-order valence-electron chi connectivity index (χ4n) is 2.97. The standard InChI is InChI=1S/C11H19.C2H5.U/c1-9-6-7-10-4-2-3-5-11(10)8-9;1-2;/h9-11H,1-8H2;1H2,2H3;/q2*-1;+2. The molecule has 14 heavy (non-hydrogen) atoms. The zero-order chi connectivity index (χ0) is 9.68. The molecular weight excluding hydrogens is 394 g/mol. The van der Waals surface area contributed by atoms with E-state index in [1.54, 1.807) is 6.92 Å². The summed E-state index contributed by atoms with van der Waals surface area (Å²) in [6.45, 7) is 9.19. The van der Waals surface area contributed by atoms with E-state index in [4.69, 9.17) is 0 Å². The summed E-state index contributed by atoms with van der Waals surface area (Å²) in [5, 5.41) is 0. The van der Waals surface area contributed by atoms with Gasteiger partial charge in [0.1, 0.15) is 0 Å². The molecule has 0 bridgehead atoms. The second-order valence-corrected chi connectivity index (χ2v) is 4.48. The first-order chi connectivity index (χ1) is 6.36. The van der Waals surface area contributed by atoms with E-state index in [1.165, 1.54) is 44.9 Å². The normalized spacial score (nSPS) is 35.8. The molecule has 2 aliphatic carbocycles. The van der Waals surface area contributed by atoms with Gasteiger partial charge >= 0.3 is 31.1 Å². The molecule has 0 spiro atoms. The Balaban J connectivity index is 0.000000531. The molecule has 0 nitrogen and oxygen atoms in total. The fraction of sp³-hybridized carbons (Fsp3) is 0.846. The molecule has 0 aromatic carbocycles. The SMILES string of the molecule is [CH2-]C.[CH2-]C1CCC2CCCCC2C1.[U+2]. The van der Waals surface area contributed by atoms with Crippen molar-refractivity contribution in [3.63, 3.8) is 0 Å². The third-order valence-corrected chi connectivity index (χ3v) is 3.65. The summed E-state index contributed by atoms with van der Waals surface area (Å²) in [6, 6.07) is 0. The smallest absolute Gasteiger partial charge is 0.346 e. The van der Waals surface area contributed by atoms with Crippen LogP contribution in [-0.2, 0) is 0 Å². The molecule has 0 aromatic heterocycles. The Kier molecular flexibility index (Phi) is 8.85. The molecule has 2 saturated carbocycles. The number of hydrogen-bond acceptors (Lipinski definition) is 0. The Morgan fingerprint density at radius 3 is 2.07 bits per heavy atom. The predicted octanol–water partition coefficient (Wildman–Crippen LogP) is 4.27. The van der Waals surface area contributed by atoms with Crippen molar-refractivity contribution in [2.24, 2.45) is 17.8 Å². The molecule has 3 atom stereocenters. The summed E-state index contributed by atoms with van der Waals surface area (Å²) >= 11 is 0. The van der Waals surface area contributed by atoms with Crippen molar-refractivity contribution in [2.75, 3.05) is 0 Å². The largest absolute Gasteiger partial charge is 2.00 e. The molecule has 0 saturated heterocycles. The van der Waals surface area contributed by atoms with Crippen LogP contribution in [0.2, 0.25) is 0 Å². The molecule has 0 aromatic rings. The maximum atomic E-state index is 4.19. The monoisotopic (exact) mass is 418 g/mol. The van der Waals surface area contributed by atoms with Gasteiger partial charge in [0.15, 0.2) is 0 Å². The minimum absolute atomic E-state index is 0. The van der Waals surface area contributed by atoms with Crippen LogP contribution in [0.1, 0.15) is 51.9 Å². The second kappa shape index (κ2) is 8.23. The van der Waals surface area contributed by atoms with Gasteiger partial charge < -0.3 is 13.8 Å². The molecule has 2 rings (SSSR count). The van der Waals surface area contributed by atoms with Gasteiger partial charge in [-0.05, 0) is 11.8 Å². The van der Waals surface area contributed by atoms with Crippen LogP contribution in [0.15, 0.2) is 0 Å². The average molecular weight is 418 g/mol. The first kappa shape index (κ1) is 15.1. The molecule has 0 aliphatic heterocycles. The molecular formula is C13H24U. The van der Waals surface area contributed by atoms with E-state index in [0.717, 1.165) is 17.8 Å². The van der Waals surface area contributed by atoms with Gasteiger partial charge in [-0.3, -0.25) is 0 Å². The summed E-state index contributed by atoms with van der Waals surface area (Å²) in [7, 11) is 0. The van der Waals surface area contributed by atoms with Crippen LogP contribution in [0.5, 0.6) is 0 Å². The van der Waals surface area contributed by atoms with Crippen LogP contribution < -0.4 is 0 Å². The van der Waals surface area contributed by atoms with Crippen molar-refractivity contribution in [1.82, 2.24) is 0 Å². The molecule has 0 heterocycles.